The van der Waals surface area contributed by atoms with Crippen molar-refractivity contribution in [3.05, 3.63) is 107 Å². The quantitative estimate of drug-likeness (QED) is 0.431. The molecule has 0 bridgehead atoms. The number of carbonyl (C=O) groups excluding carboxylic acids is 1. The minimum absolute atomic E-state index is 0.0598. The van der Waals surface area contributed by atoms with E-state index in [1.54, 1.807) is 6.08 Å². The second-order valence-corrected chi connectivity index (χ2v) is 7.73. The Bertz CT molecular complexity index is 1090. The van der Waals surface area contributed by atoms with Crippen molar-refractivity contribution in [2.24, 2.45) is 0 Å². The molecule has 158 valence electrons. The number of carbonyl (C=O) groups is 1. The van der Waals surface area contributed by atoms with Crippen molar-refractivity contribution < 1.29 is 9.90 Å². The zero-order valence-electron chi connectivity index (χ0n) is 17.7. The molecule has 0 heterocycles. The number of rotatable bonds is 6. The van der Waals surface area contributed by atoms with Crippen molar-refractivity contribution in [3.8, 4) is 0 Å². The average Bonchev–Trinajstić information content (AvgIpc) is 2.78. The van der Waals surface area contributed by atoms with Gasteiger partial charge in [0.1, 0.15) is 0 Å². The van der Waals surface area contributed by atoms with Crippen LogP contribution in [0.2, 0.25) is 0 Å². The zero-order chi connectivity index (χ0) is 22.2. The molecule has 0 aliphatic heterocycles. The first kappa shape index (κ1) is 22.4. The number of aliphatic hydroxyl groups is 1. The van der Waals surface area contributed by atoms with Crippen molar-refractivity contribution in [2.45, 2.75) is 27.0 Å². The molecule has 0 radical (unpaired) electrons. The first-order valence-electron chi connectivity index (χ1n) is 10.1. The lowest BCUT2D eigenvalue weighted by Gasteiger charge is -2.28. The third-order valence-corrected chi connectivity index (χ3v) is 5.30. The van der Waals surface area contributed by atoms with E-state index in [0.29, 0.717) is 11.7 Å². The number of hydrogen-bond donors (Lipinski definition) is 2. The van der Waals surface area contributed by atoms with E-state index in [-0.39, 0.29) is 12.5 Å². The Morgan fingerprint density at radius 2 is 1.68 bits per heavy atom. The fourth-order valence-corrected chi connectivity index (χ4v) is 3.53. The van der Waals surface area contributed by atoms with Gasteiger partial charge in [-0.15, -0.1) is 0 Å². The fourth-order valence-electron chi connectivity index (χ4n) is 3.26. The molecule has 2 N–H and O–H groups in total. The maximum Gasteiger partial charge on any atom is 0.250 e. The summed E-state index contributed by atoms with van der Waals surface area (Å²) in [6.07, 6.45) is 3.23. The van der Waals surface area contributed by atoms with Gasteiger partial charge in [0, 0.05) is 11.8 Å². The summed E-state index contributed by atoms with van der Waals surface area (Å²) in [5.74, 6) is -0.292. The molecule has 0 saturated carbocycles. The Labute approximate surface area is 188 Å². The molecule has 3 rings (SSSR count). The molecule has 0 aliphatic carbocycles. The van der Waals surface area contributed by atoms with Gasteiger partial charge in [-0.25, -0.2) is 0 Å². The molecule has 31 heavy (non-hydrogen) atoms. The molecule has 0 aromatic heterocycles. The number of amides is 1. The first-order chi connectivity index (χ1) is 15.0. The van der Waals surface area contributed by atoms with Crippen molar-refractivity contribution in [3.63, 3.8) is 0 Å². The summed E-state index contributed by atoms with van der Waals surface area (Å²) in [7, 11) is 0. The molecule has 0 aliphatic rings. The van der Waals surface area contributed by atoms with Gasteiger partial charge in [-0.3, -0.25) is 10.1 Å². The molecule has 0 atom stereocenters. The van der Waals surface area contributed by atoms with Crippen LogP contribution in [0.4, 0.5) is 5.69 Å². The third kappa shape index (κ3) is 6.10. The number of aliphatic hydroxyl groups excluding tert-OH is 1. The van der Waals surface area contributed by atoms with Gasteiger partial charge < -0.3 is 10.0 Å². The highest BCUT2D eigenvalue weighted by Crippen LogP contribution is 2.25. The topological polar surface area (TPSA) is 52.6 Å². The molecule has 3 aromatic rings. The molecule has 0 saturated heterocycles. The van der Waals surface area contributed by atoms with Crippen LogP contribution >= 0.6 is 12.2 Å². The predicted octanol–water partition coefficient (Wildman–Crippen LogP) is 4.92. The summed E-state index contributed by atoms with van der Waals surface area (Å²) < 4.78 is 0. The van der Waals surface area contributed by atoms with Crippen LogP contribution in [0.15, 0.2) is 78.9 Å². The molecule has 5 heteroatoms. The van der Waals surface area contributed by atoms with Crippen molar-refractivity contribution in [1.29, 1.82) is 0 Å². The second kappa shape index (κ2) is 10.7. The molecule has 0 fully saturated rings. The largest absolute Gasteiger partial charge is 0.392 e. The summed E-state index contributed by atoms with van der Waals surface area (Å²) >= 11 is 5.64. The molecule has 4 nitrogen and oxygen atoms in total. The molecule has 0 spiro atoms. The zero-order valence-corrected chi connectivity index (χ0v) is 18.5. The predicted molar refractivity (Wildman–Crippen MR) is 131 cm³/mol. The van der Waals surface area contributed by atoms with E-state index in [9.17, 15) is 9.90 Å². The highest BCUT2D eigenvalue weighted by atomic mass is 32.1. The third-order valence-electron chi connectivity index (χ3n) is 4.97. The molecule has 0 unspecified atom stereocenters. The number of aryl methyl sites for hydroxylation is 2. The molecule has 1 amide bonds. The summed E-state index contributed by atoms with van der Waals surface area (Å²) in [4.78, 5) is 14.4. The van der Waals surface area contributed by atoms with Crippen LogP contribution in [0.5, 0.6) is 0 Å². The Kier molecular flexibility index (Phi) is 7.70. The van der Waals surface area contributed by atoms with Gasteiger partial charge in [0.05, 0.1) is 13.2 Å². The van der Waals surface area contributed by atoms with Crippen LogP contribution in [-0.4, -0.2) is 16.1 Å². The Hall–Kier alpha value is -3.28. The summed E-state index contributed by atoms with van der Waals surface area (Å²) in [6.45, 7) is 4.41. The van der Waals surface area contributed by atoms with Crippen molar-refractivity contribution in [2.75, 3.05) is 4.90 Å². The minimum Gasteiger partial charge on any atom is -0.392 e. The number of nitrogens with zero attached hydrogens (tertiary/aromatic N) is 1. The van der Waals surface area contributed by atoms with E-state index in [2.05, 4.69) is 11.4 Å². The summed E-state index contributed by atoms with van der Waals surface area (Å²) in [5.41, 5.74) is 5.78. The fraction of sp³-hybridized carbons (Fsp3) is 0.154. The maximum absolute atomic E-state index is 12.5. The van der Waals surface area contributed by atoms with E-state index >= 15 is 0 Å². The SMILES string of the molecule is Cc1ccc(C)c(N(Cc2ccccc2CO)C(=S)NC(=O)/C=C/c2ccccc2)c1. The van der Waals surface area contributed by atoms with E-state index in [1.165, 1.54) is 6.08 Å². The first-order valence-corrected chi connectivity index (χ1v) is 10.5. The molecule has 3 aromatic carbocycles. The van der Waals surface area contributed by atoms with Crippen LogP contribution in [0.25, 0.3) is 6.08 Å². The van der Waals surface area contributed by atoms with Crippen molar-refractivity contribution >= 4 is 35.0 Å². The lowest BCUT2D eigenvalue weighted by Crippen LogP contribution is -2.42. The van der Waals surface area contributed by atoms with Gasteiger partial charge in [-0.05, 0) is 66.0 Å². The van der Waals surface area contributed by atoms with E-state index in [0.717, 1.165) is 33.5 Å². The standard InChI is InChI=1S/C26H26N2O2S/c1-19-12-13-20(2)24(16-19)28(17-22-10-6-7-11-23(22)18-29)26(31)27-25(30)15-14-21-8-4-3-5-9-21/h3-16,29H,17-18H2,1-2H3,(H,27,30,31)/b15-14+. The minimum atomic E-state index is -0.292. The van der Waals surface area contributed by atoms with Gasteiger partial charge >= 0.3 is 0 Å². The Morgan fingerprint density at radius 3 is 2.39 bits per heavy atom. The number of hydrogen-bond acceptors (Lipinski definition) is 3. The van der Waals surface area contributed by atoms with Gasteiger partial charge in [-0.1, -0.05) is 66.7 Å². The van der Waals surface area contributed by atoms with Crippen LogP contribution in [-0.2, 0) is 17.9 Å². The maximum atomic E-state index is 12.5. The highest BCUT2D eigenvalue weighted by Gasteiger charge is 2.18. The lowest BCUT2D eigenvalue weighted by molar-refractivity contribution is -0.115. The summed E-state index contributed by atoms with van der Waals surface area (Å²) in [6, 6.07) is 23.4. The number of benzene rings is 3. The number of thiocarbonyl (C=S) groups is 1. The molecular weight excluding hydrogens is 404 g/mol. The number of nitrogens with one attached hydrogen (secondary N) is 1. The Morgan fingerprint density at radius 1 is 1.00 bits per heavy atom. The second-order valence-electron chi connectivity index (χ2n) is 7.34. The van der Waals surface area contributed by atoms with Crippen LogP contribution in [0.3, 0.4) is 0 Å². The van der Waals surface area contributed by atoms with Gasteiger partial charge in [0.2, 0.25) is 5.91 Å². The van der Waals surface area contributed by atoms with Crippen LogP contribution in [0, 0.1) is 13.8 Å². The van der Waals surface area contributed by atoms with E-state index in [4.69, 9.17) is 12.2 Å². The van der Waals surface area contributed by atoms with Crippen LogP contribution < -0.4 is 10.2 Å². The normalized spacial score (nSPS) is 10.8. The average molecular weight is 431 g/mol. The highest BCUT2D eigenvalue weighted by molar-refractivity contribution is 7.80. The van der Waals surface area contributed by atoms with E-state index < -0.39 is 0 Å². The lowest BCUT2D eigenvalue weighted by atomic mass is 10.1. The Balaban J connectivity index is 1.86. The van der Waals surface area contributed by atoms with Gasteiger partial charge in [0.25, 0.3) is 0 Å². The van der Waals surface area contributed by atoms with E-state index in [1.807, 2.05) is 85.5 Å². The summed E-state index contributed by atoms with van der Waals surface area (Å²) in [5, 5.41) is 12.9. The number of anilines is 1. The monoisotopic (exact) mass is 430 g/mol. The molecular formula is C26H26N2O2S. The van der Waals surface area contributed by atoms with Crippen molar-refractivity contribution in [1.82, 2.24) is 5.32 Å². The van der Waals surface area contributed by atoms with Gasteiger partial charge in [0.15, 0.2) is 5.11 Å². The van der Waals surface area contributed by atoms with Gasteiger partial charge in [-0.2, -0.15) is 0 Å². The van der Waals surface area contributed by atoms with Crippen LogP contribution in [0.1, 0.15) is 27.8 Å². The smallest absolute Gasteiger partial charge is 0.250 e.